The molecule has 6 rings (SSSR count). The first-order valence-corrected chi connectivity index (χ1v) is 20.3. The molecule has 1 fully saturated rings. The molecule has 0 aliphatic carbocycles. The molecule has 1 aliphatic heterocycles. The van der Waals surface area contributed by atoms with E-state index in [2.05, 4.69) is 55.1 Å². The highest BCUT2D eigenvalue weighted by Crippen LogP contribution is 2.31. The number of thiophene rings is 1. The SMILES string of the molecule is CCCCc1ccc(-c2ccc(-c3cnc(-c4ccc(C[C@H](NC(=O)c5ccc(C(C)(C)C)s5)C(=O)N5CC(C(O)OC(C)(C)C)C5)cc4)nc3)c(F)c2)cc1. The number of carbonyl (C=O) groups excluding carboxylic acids is 2. The van der Waals surface area contributed by atoms with Crippen molar-refractivity contribution in [1.29, 1.82) is 0 Å². The highest BCUT2D eigenvalue weighted by Gasteiger charge is 2.40. The predicted octanol–water partition coefficient (Wildman–Crippen LogP) is 9.25. The topological polar surface area (TPSA) is 105 Å². The number of hydrogen-bond acceptors (Lipinski definition) is 7. The monoisotopic (exact) mass is 776 g/mol. The molecule has 0 spiro atoms. The van der Waals surface area contributed by atoms with Crippen LogP contribution < -0.4 is 5.32 Å². The standard InChI is InChI=1S/C46H53FN4O4S/c1-8-9-10-29-11-15-31(16-12-29)33-19-20-36(37(47)24-33)34-25-48-41(49-26-34)32-17-13-30(14-18-32)23-38(50-42(52)39-21-22-40(56-39)45(2,3)4)43(53)51-27-35(28-51)44(54)55-46(5,6)7/h11-22,24-26,35,38,44,54H,8-10,23,27-28H2,1-7H3,(H,50,52)/t38-,44?/m0/s1. The molecule has 1 aliphatic rings. The van der Waals surface area contributed by atoms with Crippen molar-refractivity contribution in [2.75, 3.05) is 13.1 Å². The summed E-state index contributed by atoms with van der Waals surface area (Å²) in [6.07, 6.45) is 5.87. The Balaban J connectivity index is 1.13. The Labute approximate surface area is 334 Å². The van der Waals surface area contributed by atoms with Gasteiger partial charge in [0.05, 0.1) is 10.5 Å². The summed E-state index contributed by atoms with van der Waals surface area (Å²) in [7, 11) is 0. The Morgan fingerprint density at radius 1 is 0.875 bits per heavy atom. The normalized spacial score (nSPS) is 14.6. The zero-order valence-corrected chi connectivity index (χ0v) is 34.3. The quantitative estimate of drug-likeness (QED) is 0.116. The highest BCUT2D eigenvalue weighted by atomic mass is 32.1. The number of unbranched alkanes of at least 4 members (excludes halogenated alkanes) is 1. The first kappa shape index (κ1) is 40.9. The van der Waals surface area contributed by atoms with Gasteiger partial charge in [0.15, 0.2) is 12.1 Å². The van der Waals surface area contributed by atoms with E-state index in [9.17, 15) is 14.7 Å². The van der Waals surface area contributed by atoms with E-state index in [-0.39, 0.29) is 35.4 Å². The van der Waals surface area contributed by atoms with Gasteiger partial charge in [-0.25, -0.2) is 14.4 Å². The zero-order chi connectivity index (χ0) is 40.2. The van der Waals surface area contributed by atoms with E-state index in [4.69, 9.17) is 4.74 Å². The lowest BCUT2D eigenvalue weighted by Gasteiger charge is -2.44. The van der Waals surface area contributed by atoms with Crippen LogP contribution in [0.5, 0.6) is 0 Å². The van der Waals surface area contributed by atoms with Crippen LogP contribution in [0.15, 0.2) is 91.3 Å². The predicted molar refractivity (Wildman–Crippen MR) is 222 cm³/mol. The number of likely N-dealkylation sites (tertiary alicyclic amines) is 1. The maximum atomic E-state index is 15.4. The molecule has 1 saturated heterocycles. The summed E-state index contributed by atoms with van der Waals surface area (Å²) in [6, 6.07) is 24.1. The minimum atomic E-state index is -0.985. The lowest BCUT2D eigenvalue weighted by atomic mass is 9.95. The van der Waals surface area contributed by atoms with E-state index in [0.717, 1.165) is 46.4 Å². The van der Waals surface area contributed by atoms with Gasteiger partial charge in [-0.3, -0.25) is 9.59 Å². The number of halogens is 1. The van der Waals surface area contributed by atoms with Gasteiger partial charge in [0, 0.05) is 59.4 Å². The molecule has 2 atom stereocenters. The van der Waals surface area contributed by atoms with Crippen molar-refractivity contribution < 1.29 is 23.8 Å². The van der Waals surface area contributed by atoms with Crippen LogP contribution in [0.2, 0.25) is 0 Å². The van der Waals surface area contributed by atoms with E-state index in [1.54, 1.807) is 35.5 Å². The van der Waals surface area contributed by atoms with Gasteiger partial charge in [0.2, 0.25) is 5.91 Å². The molecular formula is C46H53FN4O4S. The Morgan fingerprint density at radius 3 is 2.09 bits per heavy atom. The molecule has 1 unspecified atom stereocenters. The number of aliphatic hydroxyl groups excluding tert-OH is 1. The summed E-state index contributed by atoms with van der Waals surface area (Å²) in [6.45, 7) is 14.8. The van der Waals surface area contributed by atoms with Gasteiger partial charge in [-0.2, -0.15) is 0 Å². The largest absolute Gasteiger partial charge is 0.368 e. The van der Waals surface area contributed by atoms with Crippen LogP contribution in [0.4, 0.5) is 4.39 Å². The van der Waals surface area contributed by atoms with Crippen molar-refractivity contribution in [2.24, 2.45) is 5.92 Å². The molecule has 8 nitrogen and oxygen atoms in total. The van der Waals surface area contributed by atoms with Gasteiger partial charge < -0.3 is 20.1 Å². The molecule has 294 valence electrons. The maximum absolute atomic E-state index is 15.4. The molecule has 0 bridgehead atoms. The third-order valence-electron chi connectivity index (χ3n) is 9.96. The highest BCUT2D eigenvalue weighted by molar-refractivity contribution is 7.14. The van der Waals surface area contributed by atoms with Crippen molar-refractivity contribution in [3.05, 3.63) is 118 Å². The summed E-state index contributed by atoms with van der Waals surface area (Å²) >= 11 is 1.43. The molecule has 3 aromatic carbocycles. The van der Waals surface area contributed by atoms with Gasteiger partial charge in [0.25, 0.3) is 5.91 Å². The van der Waals surface area contributed by atoms with Crippen LogP contribution >= 0.6 is 11.3 Å². The molecule has 2 amide bonds. The minimum Gasteiger partial charge on any atom is -0.368 e. The number of ether oxygens (including phenoxy) is 1. The summed E-state index contributed by atoms with van der Waals surface area (Å²) in [5.74, 6) is -0.582. The number of aliphatic hydroxyl groups is 1. The van der Waals surface area contributed by atoms with Gasteiger partial charge >= 0.3 is 0 Å². The van der Waals surface area contributed by atoms with Crippen LogP contribution in [-0.2, 0) is 27.8 Å². The van der Waals surface area contributed by atoms with Crippen molar-refractivity contribution >= 4 is 23.2 Å². The summed E-state index contributed by atoms with van der Waals surface area (Å²) < 4.78 is 21.1. The fraction of sp³-hybridized carbons (Fsp3) is 0.391. The Morgan fingerprint density at radius 2 is 1.50 bits per heavy atom. The molecule has 10 heteroatoms. The number of nitrogens with zero attached hydrogens (tertiary/aromatic N) is 3. The smallest absolute Gasteiger partial charge is 0.262 e. The molecule has 2 aromatic heterocycles. The first-order valence-electron chi connectivity index (χ1n) is 19.4. The Bertz CT molecular complexity index is 2110. The number of rotatable bonds is 13. The van der Waals surface area contributed by atoms with Crippen LogP contribution in [0.3, 0.4) is 0 Å². The molecular weight excluding hydrogens is 724 g/mol. The van der Waals surface area contributed by atoms with Crippen molar-refractivity contribution in [1.82, 2.24) is 20.2 Å². The molecule has 0 radical (unpaired) electrons. The molecule has 2 N–H and O–H groups in total. The number of aromatic nitrogens is 2. The van der Waals surface area contributed by atoms with Crippen LogP contribution in [0.25, 0.3) is 33.6 Å². The van der Waals surface area contributed by atoms with Gasteiger partial charge in [0.1, 0.15) is 11.9 Å². The molecule has 0 saturated carbocycles. The summed E-state index contributed by atoms with van der Waals surface area (Å²) in [4.78, 5) is 39.7. The average molecular weight is 777 g/mol. The second-order valence-electron chi connectivity index (χ2n) is 16.8. The number of benzene rings is 3. The van der Waals surface area contributed by atoms with Crippen LogP contribution in [-0.4, -0.2) is 62.8 Å². The number of amides is 2. The second-order valence-corrected chi connectivity index (χ2v) is 17.8. The van der Waals surface area contributed by atoms with E-state index < -0.39 is 17.9 Å². The Hall–Kier alpha value is -4.77. The van der Waals surface area contributed by atoms with Gasteiger partial charge in [-0.1, -0.05) is 94.8 Å². The van der Waals surface area contributed by atoms with E-state index in [1.807, 2.05) is 69.3 Å². The van der Waals surface area contributed by atoms with Crippen molar-refractivity contribution in [3.63, 3.8) is 0 Å². The van der Waals surface area contributed by atoms with Crippen LogP contribution in [0.1, 0.15) is 87.0 Å². The fourth-order valence-corrected chi connectivity index (χ4v) is 7.63. The summed E-state index contributed by atoms with van der Waals surface area (Å²) in [5.41, 5.74) is 5.06. The van der Waals surface area contributed by atoms with E-state index in [1.165, 1.54) is 16.9 Å². The maximum Gasteiger partial charge on any atom is 0.262 e. The lowest BCUT2D eigenvalue weighted by Crippen LogP contribution is -2.60. The fourth-order valence-electron chi connectivity index (χ4n) is 6.66. The number of nitrogens with one attached hydrogen (secondary N) is 1. The van der Waals surface area contributed by atoms with Gasteiger partial charge in [-0.05, 0) is 79.5 Å². The molecule has 56 heavy (non-hydrogen) atoms. The third-order valence-corrected chi connectivity index (χ3v) is 11.5. The summed E-state index contributed by atoms with van der Waals surface area (Å²) in [5, 5.41) is 13.6. The second kappa shape index (κ2) is 17.2. The third kappa shape index (κ3) is 10.1. The van der Waals surface area contributed by atoms with E-state index in [0.29, 0.717) is 34.9 Å². The lowest BCUT2D eigenvalue weighted by molar-refractivity contribution is -0.214. The van der Waals surface area contributed by atoms with E-state index >= 15 is 4.39 Å². The van der Waals surface area contributed by atoms with Crippen molar-refractivity contribution in [2.45, 2.75) is 97.5 Å². The molecule has 3 heterocycles. The Kier molecular flexibility index (Phi) is 12.5. The first-order chi connectivity index (χ1) is 26.6. The number of aryl methyl sites for hydroxylation is 1. The van der Waals surface area contributed by atoms with Crippen molar-refractivity contribution in [3.8, 4) is 33.6 Å². The zero-order valence-electron chi connectivity index (χ0n) is 33.4. The van der Waals surface area contributed by atoms with Gasteiger partial charge in [-0.15, -0.1) is 11.3 Å². The van der Waals surface area contributed by atoms with Crippen LogP contribution in [0, 0.1) is 11.7 Å². The average Bonchev–Trinajstić information content (AvgIpc) is 3.65. The minimum absolute atomic E-state index is 0.102. The molecule has 5 aromatic rings. The number of hydrogen-bond donors (Lipinski definition) is 2. The number of carbonyl (C=O) groups is 2.